The van der Waals surface area contributed by atoms with Gasteiger partial charge in [-0.3, -0.25) is 48.1 Å². The lowest BCUT2D eigenvalue weighted by Crippen LogP contribution is -2.61. The van der Waals surface area contributed by atoms with Crippen molar-refractivity contribution in [1.82, 2.24) is 62.0 Å². The number of halogens is 1. The van der Waals surface area contributed by atoms with Gasteiger partial charge in [0.1, 0.15) is 54.7 Å². The molecular weight excluding hydrogens is 1040 g/mol. The topological polar surface area (TPSA) is 394 Å². The Morgan fingerprint density at radius 1 is 0.800 bits per heavy atom. The van der Waals surface area contributed by atoms with Crippen LogP contribution >= 0.6 is 0 Å². The average Bonchev–Trinajstić information content (AvgIpc) is 4.24. The van der Waals surface area contributed by atoms with Crippen molar-refractivity contribution in [2.45, 2.75) is 120 Å². The van der Waals surface area contributed by atoms with Crippen LogP contribution in [0.4, 0.5) is 4.39 Å². The number of likely N-dealkylation sites (tertiary alicyclic amines) is 1. The number of aromatic amines is 2. The molecule has 0 radical (unpaired) electrons. The molecule has 5 rings (SSSR count). The van der Waals surface area contributed by atoms with E-state index in [1.54, 1.807) is 30.5 Å². The van der Waals surface area contributed by atoms with Gasteiger partial charge < -0.3 is 78.7 Å². The molecule has 2 aromatic carbocycles. The normalized spacial score (nSPS) is 15.2. The number of unbranched alkanes of at least 4 members (excludes halogenated alkanes) is 1. The van der Waals surface area contributed by atoms with Crippen LogP contribution in [0.1, 0.15) is 75.6 Å². The maximum absolute atomic E-state index is 14.5. The number of phenolic OH excluding ortho intramolecular Hbond substituents is 1. The van der Waals surface area contributed by atoms with Crippen molar-refractivity contribution < 1.29 is 57.8 Å². The third-order valence-corrected chi connectivity index (χ3v) is 13.4. The lowest BCUT2D eigenvalue weighted by Gasteiger charge is -2.30. The number of carbonyl (C=O) groups is 9. The number of imidazole rings is 1. The highest BCUT2D eigenvalue weighted by Gasteiger charge is 2.39. The van der Waals surface area contributed by atoms with Crippen LogP contribution in [0.5, 0.6) is 5.75 Å². The number of carbonyl (C=O) groups excluding carboxylic acids is 9. The number of rotatable bonds is 31. The fourth-order valence-corrected chi connectivity index (χ4v) is 8.98. The number of aliphatic imine (C=N–C) groups is 1. The predicted octanol–water partition coefficient (Wildman–Crippen LogP) is -1.68. The summed E-state index contributed by atoms with van der Waals surface area (Å²) in [7, 11) is 1.41. The number of aliphatic hydroxyl groups excluding tert-OH is 1. The number of alkyl halides is 1. The molecule has 15 N–H and O–H groups in total. The van der Waals surface area contributed by atoms with Crippen LogP contribution in [0.25, 0.3) is 10.9 Å². The molecule has 0 saturated carbocycles. The van der Waals surface area contributed by atoms with Crippen molar-refractivity contribution in [3.05, 3.63) is 84.1 Å². The summed E-state index contributed by atoms with van der Waals surface area (Å²) in [5, 5.41) is 39.8. The Balaban J connectivity index is 1.40. The second-order valence-corrected chi connectivity index (χ2v) is 19.5. The summed E-state index contributed by atoms with van der Waals surface area (Å²) in [5.41, 5.74) is 13.2. The number of aliphatic hydroxyl groups is 1. The van der Waals surface area contributed by atoms with Gasteiger partial charge in [-0.1, -0.05) is 50.1 Å². The van der Waals surface area contributed by atoms with Gasteiger partial charge in [0.25, 0.3) is 0 Å². The Hall–Kier alpha value is -8.62. The molecular formula is C53H74FN15O11. The molecule has 0 bridgehead atoms. The number of aromatic hydroxyl groups is 1. The van der Waals surface area contributed by atoms with Gasteiger partial charge in [-0.25, -0.2) is 9.37 Å². The Morgan fingerprint density at radius 2 is 1.41 bits per heavy atom. The Morgan fingerprint density at radius 3 is 2.05 bits per heavy atom. The highest BCUT2D eigenvalue weighted by Crippen LogP contribution is 2.22. The molecule has 434 valence electrons. The van der Waals surface area contributed by atoms with E-state index >= 15 is 0 Å². The number of para-hydroxylation sites is 1. The van der Waals surface area contributed by atoms with Crippen LogP contribution in [0.15, 0.2) is 72.2 Å². The van der Waals surface area contributed by atoms with Crippen LogP contribution in [0, 0.1) is 0 Å². The van der Waals surface area contributed by atoms with Gasteiger partial charge >= 0.3 is 0 Å². The van der Waals surface area contributed by atoms with E-state index in [2.05, 4.69) is 57.2 Å². The van der Waals surface area contributed by atoms with Crippen LogP contribution in [-0.4, -0.2) is 183 Å². The van der Waals surface area contributed by atoms with Crippen molar-refractivity contribution in [3.8, 4) is 5.75 Å². The molecule has 26 nitrogen and oxygen atoms in total. The number of likely N-dealkylation sites (N-methyl/N-ethyl adjacent to an activating group) is 1. The molecule has 4 aromatic rings. The van der Waals surface area contributed by atoms with E-state index in [1.807, 2.05) is 6.92 Å². The first-order valence-electron chi connectivity index (χ1n) is 26.5. The fraction of sp³-hybridized carbons (Fsp3) is 0.491. The van der Waals surface area contributed by atoms with Crippen molar-refractivity contribution in [2.24, 2.45) is 16.5 Å². The van der Waals surface area contributed by atoms with E-state index in [4.69, 9.17) is 11.5 Å². The van der Waals surface area contributed by atoms with E-state index < -0.39 is 109 Å². The van der Waals surface area contributed by atoms with Crippen molar-refractivity contribution in [3.63, 3.8) is 0 Å². The fourth-order valence-electron chi connectivity index (χ4n) is 8.98. The first-order chi connectivity index (χ1) is 38.3. The molecule has 80 heavy (non-hydrogen) atoms. The number of nitrogens with one attached hydrogen (secondary N) is 9. The maximum atomic E-state index is 14.5. The zero-order valence-electron chi connectivity index (χ0n) is 45.1. The first kappa shape index (κ1) is 62.2. The molecule has 1 fully saturated rings. The van der Waals surface area contributed by atoms with Gasteiger partial charge in [0, 0.05) is 81.9 Å². The lowest BCUT2D eigenvalue weighted by molar-refractivity contribution is -0.142. The number of fused-ring (bicyclic) bond motifs is 1. The van der Waals surface area contributed by atoms with Crippen molar-refractivity contribution in [1.29, 1.82) is 0 Å². The maximum Gasteiger partial charge on any atom is 0.245 e. The molecule has 7 atom stereocenters. The summed E-state index contributed by atoms with van der Waals surface area (Å²) in [6.45, 7) is 0.972. The second-order valence-electron chi connectivity index (χ2n) is 19.5. The van der Waals surface area contributed by atoms with E-state index in [-0.39, 0.29) is 76.4 Å². The standard InChI is InChI=1S/C53H74FN15O11/c1-4-5-11-38(46(74)64-39(13-8-20-59-53(55)56)52(80)69-22-9-14-44(69)51(79)58-21-19-54)63-47(75)40(23-32-15-17-35(72)18-16-32)65-50(78)43(29-70)67-48(76)41(24-33-26-60-37-12-7-6-10-36(33)37)66-49(77)42(25-34-27-57-30-61-34)62-45(73)28-68(3)31(2)71/h6-7,10,12,15-18,26-27,30,38-44,60,70,72H,4-5,8-9,11,13-14,19-25,28-29H2,1-3H3,(H,57,61)(H,58,79)(H,62,73)(H,63,75)(H,64,74)(H,65,78)(H,66,77)(H,67,76)(H4,55,56,59)/t38-,39+,40+,41+,42+,43+,44+/m1/s1. The highest BCUT2D eigenvalue weighted by atomic mass is 19.1. The number of guanidine groups is 1. The van der Waals surface area contributed by atoms with Crippen LogP contribution < -0.4 is 48.7 Å². The largest absolute Gasteiger partial charge is 0.508 e. The third-order valence-electron chi connectivity index (χ3n) is 13.4. The number of aromatic nitrogens is 3. The van der Waals surface area contributed by atoms with Crippen molar-refractivity contribution in [2.75, 3.05) is 46.5 Å². The minimum absolute atomic E-state index is 0.0214. The van der Waals surface area contributed by atoms with Crippen LogP contribution in [-0.2, 0) is 62.4 Å². The molecule has 27 heteroatoms. The molecule has 3 heterocycles. The molecule has 9 amide bonds. The predicted molar refractivity (Wildman–Crippen MR) is 291 cm³/mol. The summed E-state index contributed by atoms with van der Waals surface area (Å²) in [5.74, 6) is -6.96. The van der Waals surface area contributed by atoms with Gasteiger partial charge in [0.05, 0.1) is 19.5 Å². The molecule has 1 aliphatic heterocycles. The quantitative estimate of drug-likeness (QED) is 0.0152. The monoisotopic (exact) mass is 1120 g/mol. The summed E-state index contributed by atoms with van der Waals surface area (Å²) in [4.78, 5) is 141. The SMILES string of the molecule is CCCC[C@@H](NC(=O)[C@H](Cc1ccc(O)cc1)NC(=O)[C@H](CO)NC(=O)[C@H](Cc1c[nH]c2ccccc12)NC(=O)[C@H](Cc1cnc[nH]1)NC(=O)CN(C)C(C)=O)C(=O)N[C@@H](CCCN=C(N)N)C(=O)N1CCC[C@H]1C(=O)NCCF. The smallest absolute Gasteiger partial charge is 0.245 e. The third kappa shape index (κ3) is 18.8. The molecule has 1 saturated heterocycles. The number of benzene rings is 2. The summed E-state index contributed by atoms with van der Waals surface area (Å²) in [6, 6.07) is 3.43. The summed E-state index contributed by atoms with van der Waals surface area (Å²) in [6.07, 6.45) is 6.04. The summed E-state index contributed by atoms with van der Waals surface area (Å²) < 4.78 is 13.0. The zero-order chi connectivity index (χ0) is 58.3. The molecule has 0 unspecified atom stereocenters. The average molecular weight is 1120 g/mol. The van der Waals surface area contributed by atoms with Gasteiger partial charge in [0.2, 0.25) is 53.2 Å². The van der Waals surface area contributed by atoms with E-state index in [0.29, 0.717) is 53.4 Å². The number of phenols is 1. The van der Waals surface area contributed by atoms with Gasteiger partial charge in [-0.05, 0) is 61.4 Å². The Labute approximate surface area is 461 Å². The second kappa shape index (κ2) is 31.1. The number of nitrogens with zero attached hydrogens (tertiary/aromatic N) is 4. The zero-order valence-corrected chi connectivity index (χ0v) is 45.1. The molecule has 1 aliphatic rings. The minimum atomic E-state index is -1.75. The number of hydrogen-bond donors (Lipinski definition) is 13. The minimum Gasteiger partial charge on any atom is -0.508 e. The van der Waals surface area contributed by atoms with Gasteiger partial charge in [-0.2, -0.15) is 0 Å². The van der Waals surface area contributed by atoms with Gasteiger partial charge in [-0.15, -0.1) is 0 Å². The molecule has 0 spiro atoms. The molecule has 2 aromatic heterocycles. The Kier molecular flexibility index (Phi) is 24.2. The van der Waals surface area contributed by atoms with E-state index in [0.717, 1.165) is 4.90 Å². The number of amides is 9. The number of nitrogens with two attached hydrogens (primary N) is 2. The highest BCUT2D eigenvalue weighted by molar-refractivity contribution is 5.98. The van der Waals surface area contributed by atoms with Crippen LogP contribution in [0.2, 0.25) is 0 Å². The summed E-state index contributed by atoms with van der Waals surface area (Å²) >= 11 is 0. The van der Waals surface area contributed by atoms with E-state index in [9.17, 15) is 57.8 Å². The van der Waals surface area contributed by atoms with Gasteiger partial charge in [0.15, 0.2) is 5.96 Å². The first-order valence-corrected chi connectivity index (χ1v) is 26.5. The van der Waals surface area contributed by atoms with E-state index in [1.165, 1.54) is 55.7 Å². The van der Waals surface area contributed by atoms with Crippen molar-refractivity contribution >= 4 is 70.0 Å². The van der Waals surface area contributed by atoms with Crippen LogP contribution in [0.3, 0.4) is 0 Å². The lowest BCUT2D eigenvalue weighted by atomic mass is 10.0. The molecule has 0 aliphatic carbocycles. The number of hydrogen-bond acceptors (Lipinski definition) is 13. The number of H-pyrrole nitrogens is 2. The Bertz CT molecular complexity index is 2770.